The highest BCUT2D eigenvalue weighted by Gasteiger charge is 2.13. The third kappa shape index (κ3) is 3.65. The highest BCUT2D eigenvalue weighted by molar-refractivity contribution is 7.80. The number of thiol groups is 1. The van der Waals surface area contributed by atoms with E-state index in [0.717, 1.165) is 0 Å². The van der Waals surface area contributed by atoms with Gasteiger partial charge < -0.3 is 5.11 Å². The molecule has 0 aliphatic rings. The Bertz CT molecular complexity index is 97.0. The lowest BCUT2D eigenvalue weighted by Gasteiger charge is -2.03. The molecule has 1 atom stereocenters. The van der Waals surface area contributed by atoms with Crippen LogP contribution in [-0.2, 0) is 4.79 Å². The first-order valence-corrected chi connectivity index (χ1v) is 3.78. The van der Waals surface area contributed by atoms with E-state index in [0.29, 0.717) is 12.2 Å². The van der Waals surface area contributed by atoms with E-state index in [4.69, 9.17) is 16.7 Å². The number of alkyl halides is 1. The van der Waals surface area contributed by atoms with Crippen molar-refractivity contribution in [2.75, 3.05) is 11.6 Å². The zero-order chi connectivity index (χ0) is 7.28. The molecule has 1 N–H and O–H groups in total. The van der Waals surface area contributed by atoms with E-state index in [1.165, 1.54) is 0 Å². The van der Waals surface area contributed by atoms with Gasteiger partial charge >= 0.3 is 5.97 Å². The van der Waals surface area contributed by atoms with Crippen molar-refractivity contribution in [3.8, 4) is 0 Å². The molecule has 4 heteroatoms. The second-order valence-corrected chi connectivity index (χ2v) is 2.46. The summed E-state index contributed by atoms with van der Waals surface area (Å²) in [5.74, 6) is -0.511. The third-order valence-electron chi connectivity index (χ3n) is 1.01. The Morgan fingerprint density at radius 2 is 2.33 bits per heavy atom. The molecule has 0 aromatic carbocycles. The molecular weight excluding hydrogens is 160 g/mol. The summed E-state index contributed by atoms with van der Waals surface area (Å²) in [6.07, 6.45) is 0.544. The van der Waals surface area contributed by atoms with Gasteiger partial charge in [0.25, 0.3) is 0 Å². The zero-order valence-corrected chi connectivity index (χ0v) is 6.53. The van der Waals surface area contributed by atoms with Crippen molar-refractivity contribution < 1.29 is 9.90 Å². The quantitative estimate of drug-likeness (QED) is 0.490. The van der Waals surface area contributed by atoms with Gasteiger partial charge in [0.15, 0.2) is 0 Å². The molecule has 0 radical (unpaired) electrons. The molecular formula is C5H9ClO2S. The van der Waals surface area contributed by atoms with Gasteiger partial charge in [-0.3, -0.25) is 4.79 Å². The van der Waals surface area contributed by atoms with E-state index in [1.54, 1.807) is 0 Å². The van der Waals surface area contributed by atoms with Gasteiger partial charge in [-0.1, -0.05) is 0 Å². The van der Waals surface area contributed by atoms with Gasteiger partial charge in [0.1, 0.15) is 0 Å². The second-order valence-electron chi connectivity index (χ2n) is 1.70. The molecule has 0 aromatic rings. The predicted molar refractivity (Wildman–Crippen MR) is 40.3 cm³/mol. The Labute approximate surface area is 64.6 Å². The molecule has 0 saturated carbocycles. The summed E-state index contributed by atoms with van der Waals surface area (Å²) in [4.78, 5) is 10.2. The van der Waals surface area contributed by atoms with Crippen LogP contribution in [0.25, 0.3) is 0 Å². The van der Waals surface area contributed by atoms with Crippen LogP contribution in [-0.4, -0.2) is 22.7 Å². The van der Waals surface area contributed by atoms with Crippen LogP contribution in [0.15, 0.2) is 0 Å². The highest BCUT2D eigenvalue weighted by atomic mass is 35.5. The lowest BCUT2D eigenvalue weighted by Crippen LogP contribution is -2.15. The molecule has 0 saturated heterocycles. The minimum atomic E-state index is -0.834. The monoisotopic (exact) mass is 168 g/mol. The molecule has 0 aliphatic heterocycles. The van der Waals surface area contributed by atoms with Gasteiger partial charge in [0, 0.05) is 5.88 Å². The first-order chi connectivity index (χ1) is 4.22. The van der Waals surface area contributed by atoms with Crippen LogP contribution in [0, 0.1) is 5.92 Å². The first kappa shape index (κ1) is 9.11. The Hall–Kier alpha value is 0.110. The number of hydrogen-bond acceptors (Lipinski definition) is 2. The van der Waals surface area contributed by atoms with Crippen LogP contribution in [0.3, 0.4) is 0 Å². The predicted octanol–water partition coefficient (Wildman–Crippen LogP) is 1.25. The maximum atomic E-state index is 10.2. The fourth-order valence-electron chi connectivity index (χ4n) is 0.422. The number of aliphatic carboxylic acids is 1. The van der Waals surface area contributed by atoms with Gasteiger partial charge in [-0.05, 0) is 12.2 Å². The fraction of sp³-hybridized carbons (Fsp3) is 0.800. The van der Waals surface area contributed by atoms with Gasteiger partial charge in [0.05, 0.1) is 5.92 Å². The van der Waals surface area contributed by atoms with E-state index >= 15 is 0 Å². The van der Waals surface area contributed by atoms with Crippen LogP contribution in [0.4, 0.5) is 0 Å². The molecule has 54 valence electrons. The molecule has 2 nitrogen and oxygen atoms in total. The summed E-state index contributed by atoms with van der Waals surface area (Å²) in [6.45, 7) is 0. The van der Waals surface area contributed by atoms with Crippen molar-refractivity contribution in [2.24, 2.45) is 5.92 Å². The van der Waals surface area contributed by atoms with Crippen molar-refractivity contribution in [1.82, 2.24) is 0 Å². The second kappa shape index (κ2) is 4.94. The Morgan fingerprint density at radius 1 is 1.78 bits per heavy atom. The van der Waals surface area contributed by atoms with Gasteiger partial charge in [-0.25, -0.2) is 0 Å². The van der Waals surface area contributed by atoms with E-state index < -0.39 is 11.9 Å². The van der Waals surface area contributed by atoms with E-state index in [9.17, 15) is 4.79 Å². The van der Waals surface area contributed by atoms with E-state index in [-0.39, 0.29) is 5.88 Å². The summed E-state index contributed by atoms with van der Waals surface area (Å²) in [5.41, 5.74) is 0. The van der Waals surface area contributed by atoms with Crippen LogP contribution in [0.1, 0.15) is 6.42 Å². The normalized spacial score (nSPS) is 13.1. The first-order valence-electron chi connectivity index (χ1n) is 2.62. The Morgan fingerprint density at radius 3 is 2.44 bits per heavy atom. The standard InChI is InChI=1S/C5H9ClO2S/c6-3-4(1-2-9)5(7)8/h4,9H,1-3H2,(H,7,8). The van der Waals surface area contributed by atoms with Crippen LogP contribution < -0.4 is 0 Å². The lowest BCUT2D eigenvalue weighted by atomic mass is 10.1. The fourth-order valence-corrected chi connectivity index (χ4v) is 1.02. The minimum Gasteiger partial charge on any atom is -0.481 e. The van der Waals surface area contributed by atoms with Crippen LogP contribution in [0.2, 0.25) is 0 Å². The largest absolute Gasteiger partial charge is 0.481 e. The van der Waals surface area contributed by atoms with Crippen molar-refractivity contribution in [1.29, 1.82) is 0 Å². The number of carboxylic acid groups (broad SMARTS) is 1. The van der Waals surface area contributed by atoms with Crippen molar-refractivity contribution >= 4 is 30.2 Å². The SMILES string of the molecule is O=C(O)C(CCl)CCS. The summed E-state index contributed by atoms with van der Waals surface area (Å²) in [7, 11) is 0. The van der Waals surface area contributed by atoms with Gasteiger partial charge in [0.2, 0.25) is 0 Å². The highest BCUT2D eigenvalue weighted by Crippen LogP contribution is 2.06. The molecule has 0 aromatic heterocycles. The molecule has 0 fully saturated rings. The Balaban J connectivity index is 3.54. The number of halogens is 1. The average molecular weight is 169 g/mol. The third-order valence-corrected chi connectivity index (χ3v) is 1.64. The van der Waals surface area contributed by atoms with Gasteiger partial charge in [-0.15, -0.1) is 11.6 Å². The molecule has 0 aliphatic carbocycles. The molecule has 0 bridgehead atoms. The maximum absolute atomic E-state index is 10.2. The number of carbonyl (C=O) groups is 1. The minimum absolute atomic E-state index is 0.176. The molecule has 0 heterocycles. The summed E-state index contributed by atoms with van der Waals surface area (Å²) in [5, 5.41) is 8.39. The smallest absolute Gasteiger partial charge is 0.307 e. The lowest BCUT2D eigenvalue weighted by molar-refractivity contribution is -0.140. The summed E-state index contributed by atoms with van der Waals surface area (Å²) in [6, 6.07) is 0. The number of carboxylic acids is 1. The maximum Gasteiger partial charge on any atom is 0.307 e. The zero-order valence-electron chi connectivity index (χ0n) is 4.88. The number of rotatable bonds is 4. The van der Waals surface area contributed by atoms with E-state index in [1.807, 2.05) is 0 Å². The van der Waals surface area contributed by atoms with Crippen molar-refractivity contribution in [3.05, 3.63) is 0 Å². The number of hydrogen-bond donors (Lipinski definition) is 2. The topological polar surface area (TPSA) is 37.3 Å². The Kier molecular flexibility index (Phi) is 5.00. The van der Waals surface area contributed by atoms with Crippen LogP contribution in [0.5, 0.6) is 0 Å². The summed E-state index contributed by atoms with van der Waals surface area (Å²) >= 11 is 9.21. The molecule has 0 spiro atoms. The van der Waals surface area contributed by atoms with E-state index in [2.05, 4.69) is 12.6 Å². The van der Waals surface area contributed by atoms with Gasteiger partial charge in [-0.2, -0.15) is 12.6 Å². The molecule has 0 rings (SSSR count). The van der Waals surface area contributed by atoms with Crippen molar-refractivity contribution in [3.63, 3.8) is 0 Å². The summed E-state index contributed by atoms with van der Waals surface area (Å²) < 4.78 is 0. The average Bonchev–Trinajstić information content (AvgIpc) is 1.82. The molecule has 1 unspecified atom stereocenters. The molecule has 9 heavy (non-hydrogen) atoms. The van der Waals surface area contributed by atoms with Crippen molar-refractivity contribution in [2.45, 2.75) is 6.42 Å². The van der Waals surface area contributed by atoms with Crippen LogP contribution >= 0.6 is 24.2 Å². The molecule has 0 amide bonds.